The molecule has 1 aromatic rings. The molecule has 0 saturated carbocycles. The van der Waals surface area contributed by atoms with E-state index in [9.17, 15) is 4.79 Å². The second kappa shape index (κ2) is 4.01. The topological polar surface area (TPSA) is 60.9 Å². The first-order valence-electron chi connectivity index (χ1n) is 3.99. The van der Waals surface area contributed by atoms with Crippen LogP contribution in [0.1, 0.15) is 19.4 Å². The van der Waals surface area contributed by atoms with Crippen LogP contribution in [0.2, 0.25) is 0 Å². The summed E-state index contributed by atoms with van der Waals surface area (Å²) in [5.41, 5.74) is 5.30. The quantitative estimate of drug-likeness (QED) is 0.697. The maximum absolute atomic E-state index is 11.2. The molecule has 1 rings (SSSR count). The molecule has 0 bridgehead atoms. The minimum atomic E-state index is -0.0709. The van der Waals surface area contributed by atoms with Crippen molar-refractivity contribution in [3.05, 3.63) is 28.7 Å². The van der Waals surface area contributed by atoms with E-state index in [1.807, 2.05) is 6.92 Å². The Morgan fingerprint density at radius 1 is 1.75 bits per heavy atom. The Morgan fingerprint density at radius 3 is 3.08 bits per heavy atom. The van der Waals surface area contributed by atoms with E-state index in [1.165, 1.54) is 10.7 Å². The van der Waals surface area contributed by atoms with Gasteiger partial charge in [-0.25, -0.2) is 4.68 Å². The first-order valence-corrected chi connectivity index (χ1v) is 3.99. The number of nitrogens with zero attached hydrogens (tertiary/aromatic N) is 2. The maximum atomic E-state index is 11.2. The van der Waals surface area contributed by atoms with E-state index in [0.717, 1.165) is 6.42 Å². The highest BCUT2D eigenvalue weighted by molar-refractivity contribution is 4.86. The molecule has 12 heavy (non-hydrogen) atoms. The fraction of sp³-hybridized carbons (Fsp3) is 0.500. The van der Waals surface area contributed by atoms with Crippen molar-refractivity contribution >= 4 is 0 Å². The van der Waals surface area contributed by atoms with E-state index in [-0.39, 0.29) is 11.6 Å². The van der Waals surface area contributed by atoms with Crippen LogP contribution in [0.15, 0.2) is 23.1 Å². The van der Waals surface area contributed by atoms with Crippen LogP contribution in [0, 0.1) is 0 Å². The molecular weight excluding hydrogens is 154 g/mol. The SMILES string of the molecule is CC(CCN)n1ncccc1=O. The van der Waals surface area contributed by atoms with Gasteiger partial charge in [0.1, 0.15) is 0 Å². The Labute approximate surface area is 71.0 Å². The molecule has 66 valence electrons. The number of aromatic nitrogens is 2. The molecule has 0 saturated heterocycles. The highest BCUT2D eigenvalue weighted by Crippen LogP contribution is 2.02. The second-order valence-electron chi connectivity index (χ2n) is 2.73. The molecule has 0 aliphatic heterocycles. The first-order chi connectivity index (χ1) is 5.75. The second-order valence-corrected chi connectivity index (χ2v) is 2.73. The normalized spacial score (nSPS) is 12.8. The third kappa shape index (κ3) is 1.92. The van der Waals surface area contributed by atoms with Crippen LogP contribution in [0.25, 0.3) is 0 Å². The molecule has 0 spiro atoms. The maximum Gasteiger partial charge on any atom is 0.266 e. The van der Waals surface area contributed by atoms with E-state index < -0.39 is 0 Å². The highest BCUT2D eigenvalue weighted by Gasteiger charge is 2.04. The average molecular weight is 167 g/mol. The first kappa shape index (κ1) is 8.93. The number of nitrogens with two attached hydrogens (primary N) is 1. The lowest BCUT2D eigenvalue weighted by Crippen LogP contribution is -2.25. The molecule has 2 N–H and O–H groups in total. The van der Waals surface area contributed by atoms with Gasteiger partial charge in [-0.1, -0.05) is 0 Å². The van der Waals surface area contributed by atoms with Crippen LogP contribution < -0.4 is 11.3 Å². The Balaban J connectivity index is 2.87. The molecule has 1 aromatic heterocycles. The summed E-state index contributed by atoms with van der Waals surface area (Å²) in [5.74, 6) is 0. The number of hydrogen-bond donors (Lipinski definition) is 1. The average Bonchev–Trinajstić information content (AvgIpc) is 2.05. The van der Waals surface area contributed by atoms with Gasteiger partial charge in [0.15, 0.2) is 0 Å². The molecule has 0 radical (unpaired) electrons. The Hall–Kier alpha value is -1.16. The monoisotopic (exact) mass is 167 g/mol. The van der Waals surface area contributed by atoms with E-state index in [2.05, 4.69) is 5.10 Å². The Morgan fingerprint density at radius 2 is 2.50 bits per heavy atom. The van der Waals surface area contributed by atoms with Gasteiger partial charge in [-0.2, -0.15) is 5.10 Å². The van der Waals surface area contributed by atoms with Gasteiger partial charge in [-0.15, -0.1) is 0 Å². The summed E-state index contributed by atoms with van der Waals surface area (Å²) in [6.45, 7) is 2.51. The van der Waals surface area contributed by atoms with Crippen molar-refractivity contribution in [1.82, 2.24) is 9.78 Å². The van der Waals surface area contributed by atoms with Gasteiger partial charge in [0, 0.05) is 12.3 Å². The van der Waals surface area contributed by atoms with Gasteiger partial charge in [0.2, 0.25) is 0 Å². The minimum Gasteiger partial charge on any atom is -0.330 e. The van der Waals surface area contributed by atoms with Gasteiger partial charge in [0.25, 0.3) is 5.56 Å². The third-order valence-electron chi connectivity index (χ3n) is 1.74. The van der Waals surface area contributed by atoms with E-state index in [4.69, 9.17) is 5.73 Å². The molecule has 0 amide bonds. The third-order valence-corrected chi connectivity index (χ3v) is 1.74. The van der Waals surface area contributed by atoms with Crippen LogP contribution >= 0.6 is 0 Å². The lowest BCUT2D eigenvalue weighted by molar-refractivity contribution is 0.443. The number of rotatable bonds is 3. The molecule has 1 atom stereocenters. The fourth-order valence-electron chi connectivity index (χ4n) is 1.06. The molecule has 0 aromatic carbocycles. The molecule has 1 heterocycles. The van der Waals surface area contributed by atoms with E-state index in [0.29, 0.717) is 6.54 Å². The number of hydrogen-bond acceptors (Lipinski definition) is 3. The van der Waals surface area contributed by atoms with Crippen molar-refractivity contribution in [3.8, 4) is 0 Å². The largest absolute Gasteiger partial charge is 0.330 e. The lowest BCUT2D eigenvalue weighted by Gasteiger charge is -2.10. The smallest absolute Gasteiger partial charge is 0.266 e. The summed E-state index contributed by atoms with van der Waals surface area (Å²) >= 11 is 0. The summed E-state index contributed by atoms with van der Waals surface area (Å²) in [4.78, 5) is 11.2. The van der Waals surface area contributed by atoms with Gasteiger partial charge in [-0.3, -0.25) is 4.79 Å². The summed E-state index contributed by atoms with van der Waals surface area (Å²) in [6, 6.07) is 3.22. The molecule has 4 nitrogen and oxygen atoms in total. The molecule has 4 heteroatoms. The standard InChI is InChI=1S/C8H13N3O/c1-7(4-5-9)11-8(12)3-2-6-10-11/h2-3,6-7H,4-5,9H2,1H3. The molecular formula is C8H13N3O. The minimum absolute atomic E-state index is 0.0709. The van der Waals surface area contributed by atoms with Gasteiger partial charge in [-0.05, 0) is 26.0 Å². The molecule has 0 fully saturated rings. The summed E-state index contributed by atoms with van der Waals surface area (Å²) in [5, 5.41) is 3.95. The van der Waals surface area contributed by atoms with Crippen molar-refractivity contribution in [3.63, 3.8) is 0 Å². The van der Waals surface area contributed by atoms with Crippen molar-refractivity contribution in [2.45, 2.75) is 19.4 Å². The summed E-state index contributed by atoms with van der Waals surface area (Å²) < 4.78 is 1.45. The van der Waals surface area contributed by atoms with Crippen LogP contribution in [-0.2, 0) is 0 Å². The van der Waals surface area contributed by atoms with Crippen LogP contribution in [-0.4, -0.2) is 16.3 Å². The molecule has 1 unspecified atom stereocenters. The van der Waals surface area contributed by atoms with Gasteiger partial charge < -0.3 is 5.73 Å². The van der Waals surface area contributed by atoms with Crippen molar-refractivity contribution in [2.75, 3.05) is 6.54 Å². The molecule has 0 aliphatic rings. The lowest BCUT2D eigenvalue weighted by atomic mass is 10.2. The summed E-state index contributed by atoms with van der Waals surface area (Å²) in [7, 11) is 0. The predicted molar refractivity (Wildman–Crippen MR) is 46.9 cm³/mol. The Bertz CT molecular complexity index is 294. The fourth-order valence-corrected chi connectivity index (χ4v) is 1.06. The predicted octanol–water partition coefficient (Wildman–Crippen LogP) is 0.153. The van der Waals surface area contributed by atoms with Crippen LogP contribution in [0.4, 0.5) is 0 Å². The van der Waals surface area contributed by atoms with Crippen molar-refractivity contribution < 1.29 is 0 Å². The zero-order valence-electron chi connectivity index (χ0n) is 7.10. The zero-order chi connectivity index (χ0) is 8.97. The van der Waals surface area contributed by atoms with E-state index in [1.54, 1.807) is 12.3 Å². The zero-order valence-corrected chi connectivity index (χ0v) is 7.10. The van der Waals surface area contributed by atoms with Crippen molar-refractivity contribution in [2.24, 2.45) is 5.73 Å². The Kier molecular flexibility index (Phi) is 2.99. The van der Waals surface area contributed by atoms with Gasteiger partial charge in [0.05, 0.1) is 6.04 Å². The van der Waals surface area contributed by atoms with Crippen LogP contribution in [0.5, 0.6) is 0 Å². The molecule has 0 aliphatic carbocycles. The highest BCUT2D eigenvalue weighted by atomic mass is 16.1. The summed E-state index contributed by atoms with van der Waals surface area (Å²) in [6.07, 6.45) is 2.38. The van der Waals surface area contributed by atoms with Gasteiger partial charge >= 0.3 is 0 Å². The van der Waals surface area contributed by atoms with Crippen LogP contribution in [0.3, 0.4) is 0 Å². The van der Waals surface area contributed by atoms with E-state index >= 15 is 0 Å². The van der Waals surface area contributed by atoms with Crippen molar-refractivity contribution in [1.29, 1.82) is 0 Å².